The maximum Gasteiger partial charge on any atom is 0.237 e. The predicted molar refractivity (Wildman–Crippen MR) is 127 cm³/mol. The second-order valence-corrected chi connectivity index (χ2v) is 9.53. The number of ketones is 2. The molecule has 2 amide bonds. The van der Waals surface area contributed by atoms with Crippen molar-refractivity contribution in [3.05, 3.63) is 107 Å². The van der Waals surface area contributed by atoms with Crippen LogP contribution in [0.1, 0.15) is 56.5 Å². The molecule has 174 valence electrons. The summed E-state index contributed by atoms with van der Waals surface area (Å²) in [4.78, 5) is 56.7. The first kappa shape index (κ1) is 21.6. The number of rotatable bonds is 3. The number of carbonyl (C=O) groups excluding carboxylic acids is 4. The van der Waals surface area contributed by atoms with Crippen LogP contribution in [-0.2, 0) is 14.3 Å². The second kappa shape index (κ2) is 7.55. The Balaban J connectivity index is 1.52. The Morgan fingerprint density at radius 3 is 2.06 bits per heavy atom. The summed E-state index contributed by atoms with van der Waals surface area (Å²) in [5, 5.41) is 0. The van der Waals surface area contributed by atoms with E-state index in [1.807, 2.05) is 61.5 Å². The lowest BCUT2D eigenvalue weighted by Gasteiger charge is -2.30. The molecule has 3 aromatic rings. The van der Waals surface area contributed by atoms with Gasteiger partial charge in [-0.05, 0) is 25.0 Å². The molecule has 0 N–H and O–H groups in total. The van der Waals surface area contributed by atoms with Crippen LogP contribution in [0, 0.1) is 18.8 Å². The largest absolute Gasteiger partial charge is 0.349 e. The Morgan fingerprint density at radius 2 is 1.43 bits per heavy atom. The first-order chi connectivity index (χ1) is 16.9. The van der Waals surface area contributed by atoms with Crippen molar-refractivity contribution >= 4 is 23.4 Å². The standard InChI is InChI=1S/C29H23NO5/c1-16-9-8-12-19(15-16)24-22-23(28(34)30(27(22)33)17(2)18-10-4-3-5-11-18)29(35-24)25(31)20-13-6-7-14-21(20)26(29)32/h3-15,17,22-24H,1-2H3. The fraction of sp³-hybridized carbons (Fsp3) is 0.241. The van der Waals surface area contributed by atoms with E-state index in [4.69, 9.17) is 4.74 Å². The van der Waals surface area contributed by atoms with Gasteiger partial charge in [0, 0.05) is 11.1 Å². The van der Waals surface area contributed by atoms with Gasteiger partial charge in [-0.3, -0.25) is 24.1 Å². The molecule has 2 aliphatic heterocycles. The quantitative estimate of drug-likeness (QED) is 0.427. The summed E-state index contributed by atoms with van der Waals surface area (Å²) in [6, 6.07) is 22.7. The van der Waals surface area contributed by atoms with E-state index < -0.39 is 53.0 Å². The van der Waals surface area contributed by atoms with Crippen LogP contribution in [0.2, 0.25) is 0 Å². The van der Waals surface area contributed by atoms with E-state index in [9.17, 15) is 19.2 Å². The zero-order chi connectivity index (χ0) is 24.5. The van der Waals surface area contributed by atoms with Crippen molar-refractivity contribution in [3.63, 3.8) is 0 Å². The average molecular weight is 466 g/mol. The number of hydrogen-bond acceptors (Lipinski definition) is 5. The number of aryl methyl sites for hydroxylation is 1. The maximum atomic E-state index is 14.0. The van der Waals surface area contributed by atoms with Crippen molar-refractivity contribution in [2.75, 3.05) is 0 Å². The number of amides is 2. The normalized spacial score (nSPS) is 25.3. The highest BCUT2D eigenvalue weighted by atomic mass is 16.5. The fourth-order valence-corrected chi connectivity index (χ4v) is 5.95. The molecule has 4 atom stereocenters. The lowest BCUT2D eigenvalue weighted by atomic mass is 9.77. The van der Waals surface area contributed by atoms with Crippen LogP contribution in [-0.4, -0.2) is 33.9 Å². The summed E-state index contributed by atoms with van der Waals surface area (Å²) in [6.45, 7) is 3.70. The minimum absolute atomic E-state index is 0.232. The molecule has 6 heteroatoms. The smallest absolute Gasteiger partial charge is 0.237 e. The van der Waals surface area contributed by atoms with E-state index in [2.05, 4.69) is 0 Å². The molecule has 3 aromatic carbocycles. The van der Waals surface area contributed by atoms with Gasteiger partial charge in [0.15, 0.2) is 0 Å². The third-order valence-corrected chi connectivity index (χ3v) is 7.59. The number of Topliss-reactive ketones (excluding diaryl/α,β-unsaturated/α-hetero) is 2. The van der Waals surface area contributed by atoms with Crippen molar-refractivity contribution < 1.29 is 23.9 Å². The Bertz CT molecular complexity index is 1380. The third kappa shape index (κ3) is 2.80. The number of benzene rings is 3. The summed E-state index contributed by atoms with van der Waals surface area (Å²) in [5.74, 6) is -4.24. The van der Waals surface area contributed by atoms with E-state index in [1.54, 1.807) is 31.2 Å². The summed E-state index contributed by atoms with van der Waals surface area (Å²) >= 11 is 0. The van der Waals surface area contributed by atoms with Crippen molar-refractivity contribution in [1.29, 1.82) is 0 Å². The molecular formula is C29H23NO5. The molecule has 2 saturated heterocycles. The van der Waals surface area contributed by atoms with Gasteiger partial charge in [0.25, 0.3) is 0 Å². The number of carbonyl (C=O) groups is 4. The topological polar surface area (TPSA) is 80.8 Å². The van der Waals surface area contributed by atoms with Crippen molar-refractivity contribution in [1.82, 2.24) is 4.90 Å². The Kier molecular flexibility index (Phi) is 4.66. The number of nitrogens with zero attached hydrogens (tertiary/aromatic N) is 1. The zero-order valence-electron chi connectivity index (χ0n) is 19.3. The third-order valence-electron chi connectivity index (χ3n) is 7.59. The molecule has 3 aliphatic rings. The highest BCUT2D eigenvalue weighted by Crippen LogP contribution is 2.58. The summed E-state index contributed by atoms with van der Waals surface area (Å²) in [6.07, 6.45) is -0.897. The van der Waals surface area contributed by atoms with Gasteiger partial charge in [0.1, 0.15) is 0 Å². The van der Waals surface area contributed by atoms with Gasteiger partial charge >= 0.3 is 0 Å². The van der Waals surface area contributed by atoms with Crippen molar-refractivity contribution in [2.24, 2.45) is 11.8 Å². The minimum atomic E-state index is -2.04. The first-order valence-electron chi connectivity index (χ1n) is 11.7. The van der Waals surface area contributed by atoms with Crippen LogP contribution in [0.5, 0.6) is 0 Å². The average Bonchev–Trinajstić information content (AvgIpc) is 3.44. The minimum Gasteiger partial charge on any atom is -0.349 e. The number of ether oxygens (including phenoxy) is 1. The van der Waals surface area contributed by atoms with Gasteiger partial charge in [-0.1, -0.05) is 84.4 Å². The number of fused-ring (bicyclic) bond motifs is 3. The van der Waals surface area contributed by atoms with E-state index in [-0.39, 0.29) is 11.1 Å². The van der Waals surface area contributed by atoms with E-state index in [0.29, 0.717) is 5.56 Å². The van der Waals surface area contributed by atoms with Gasteiger partial charge in [-0.25, -0.2) is 0 Å². The number of imide groups is 1. The summed E-state index contributed by atoms with van der Waals surface area (Å²) in [5.41, 5.74) is 0.835. The molecule has 1 aliphatic carbocycles. The molecule has 6 rings (SSSR count). The molecule has 4 unspecified atom stereocenters. The predicted octanol–water partition coefficient (Wildman–Crippen LogP) is 4.25. The van der Waals surface area contributed by atoms with Crippen LogP contribution in [0.4, 0.5) is 0 Å². The van der Waals surface area contributed by atoms with Crippen LogP contribution in [0.3, 0.4) is 0 Å². The Labute approximate surface area is 202 Å². The fourth-order valence-electron chi connectivity index (χ4n) is 5.95. The summed E-state index contributed by atoms with van der Waals surface area (Å²) < 4.78 is 6.33. The molecule has 0 radical (unpaired) electrons. The molecule has 35 heavy (non-hydrogen) atoms. The van der Waals surface area contributed by atoms with Gasteiger partial charge in [-0.2, -0.15) is 0 Å². The maximum absolute atomic E-state index is 14.0. The molecule has 2 fully saturated rings. The Morgan fingerprint density at radius 1 is 0.800 bits per heavy atom. The molecule has 0 bridgehead atoms. The molecular weight excluding hydrogens is 442 g/mol. The highest BCUT2D eigenvalue weighted by Gasteiger charge is 2.74. The van der Waals surface area contributed by atoms with Gasteiger partial charge in [-0.15, -0.1) is 0 Å². The van der Waals surface area contributed by atoms with Gasteiger partial charge in [0.05, 0.1) is 24.0 Å². The van der Waals surface area contributed by atoms with Gasteiger partial charge in [0.2, 0.25) is 29.0 Å². The highest BCUT2D eigenvalue weighted by molar-refractivity contribution is 6.35. The number of hydrogen-bond donors (Lipinski definition) is 0. The number of likely N-dealkylation sites (tertiary alicyclic amines) is 1. The molecule has 0 aromatic heterocycles. The molecule has 1 spiro atoms. The lowest BCUT2D eigenvalue weighted by molar-refractivity contribution is -0.147. The van der Waals surface area contributed by atoms with Crippen LogP contribution in [0.25, 0.3) is 0 Å². The van der Waals surface area contributed by atoms with Crippen LogP contribution < -0.4 is 0 Å². The van der Waals surface area contributed by atoms with E-state index >= 15 is 0 Å². The molecule has 2 heterocycles. The summed E-state index contributed by atoms with van der Waals surface area (Å²) in [7, 11) is 0. The lowest BCUT2D eigenvalue weighted by Crippen LogP contribution is -2.51. The van der Waals surface area contributed by atoms with Gasteiger partial charge < -0.3 is 4.74 Å². The molecule has 0 saturated carbocycles. The van der Waals surface area contributed by atoms with Crippen molar-refractivity contribution in [3.8, 4) is 0 Å². The van der Waals surface area contributed by atoms with Crippen molar-refractivity contribution in [2.45, 2.75) is 31.6 Å². The molecule has 6 nitrogen and oxygen atoms in total. The SMILES string of the molecule is Cc1cccc(C2OC3(C(=O)c4ccccc4C3=O)C3C(=O)N(C(C)c4ccccc4)C(=O)C23)c1. The van der Waals surface area contributed by atoms with E-state index in [1.165, 1.54) is 4.90 Å². The zero-order valence-corrected chi connectivity index (χ0v) is 19.3. The Hall–Kier alpha value is -3.90. The van der Waals surface area contributed by atoms with Crippen LogP contribution in [0.15, 0.2) is 78.9 Å². The van der Waals surface area contributed by atoms with E-state index in [0.717, 1.165) is 11.1 Å². The monoisotopic (exact) mass is 465 g/mol. The second-order valence-electron chi connectivity index (χ2n) is 9.53. The van der Waals surface area contributed by atoms with Crippen LogP contribution >= 0.6 is 0 Å². The first-order valence-corrected chi connectivity index (χ1v) is 11.7.